The van der Waals surface area contributed by atoms with Gasteiger partial charge < -0.3 is 20.1 Å². The third-order valence-electron chi connectivity index (χ3n) is 4.04. The number of nitrogens with one attached hydrogen (secondary N) is 2. The molecule has 1 saturated carbocycles. The number of carbonyl (C=O) groups is 1. The highest BCUT2D eigenvalue weighted by atomic mass is 16.5. The van der Waals surface area contributed by atoms with Crippen molar-refractivity contribution in [1.29, 1.82) is 0 Å². The van der Waals surface area contributed by atoms with Gasteiger partial charge in [0, 0.05) is 25.2 Å². The minimum Gasteiger partial charge on any atom is -0.497 e. The average Bonchev–Trinajstić information content (AvgIpc) is 2.89. The van der Waals surface area contributed by atoms with Gasteiger partial charge in [0.25, 0.3) is 5.91 Å². The Morgan fingerprint density at radius 3 is 2.63 bits per heavy atom. The minimum absolute atomic E-state index is 0.0705. The smallest absolute Gasteiger partial charge is 0.255 e. The lowest BCUT2D eigenvalue weighted by molar-refractivity contribution is 0.0943. The Kier molecular flexibility index (Phi) is 3.06. The van der Waals surface area contributed by atoms with Crippen LogP contribution in [0.4, 0.5) is 0 Å². The highest BCUT2D eigenvalue weighted by molar-refractivity contribution is 5.97. The number of methoxy groups -OCH3 is 2. The molecular formula is C14H18N2O3. The fourth-order valence-electron chi connectivity index (χ4n) is 2.85. The van der Waals surface area contributed by atoms with E-state index in [1.165, 1.54) is 0 Å². The molecule has 1 aliphatic heterocycles. The van der Waals surface area contributed by atoms with Crippen LogP contribution in [-0.2, 0) is 0 Å². The molecule has 1 amide bonds. The molecule has 1 aliphatic carbocycles. The molecule has 1 aromatic rings. The predicted octanol–water partition coefficient (Wildman–Crippen LogP) is 0.651. The van der Waals surface area contributed by atoms with Crippen molar-refractivity contribution in [3.05, 3.63) is 23.8 Å². The van der Waals surface area contributed by atoms with Crippen LogP contribution in [0.3, 0.4) is 0 Å². The normalized spacial score (nSPS) is 27.6. The molecule has 0 aromatic heterocycles. The van der Waals surface area contributed by atoms with Crippen LogP contribution in [0.25, 0.3) is 0 Å². The van der Waals surface area contributed by atoms with Crippen LogP contribution in [0, 0.1) is 11.8 Å². The molecule has 0 bridgehead atoms. The van der Waals surface area contributed by atoms with Gasteiger partial charge in [-0.25, -0.2) is 0 Å². The van der Waals surface area contributed by atoms with Crippen molar-refractivity contribution in [2.75, 3.05) is 27.3 Å². The van der Waals surface area contributed by atoms with E-state index in [4.69, 9.17) is 9.47 Å². The van der Waals surface area contributed by atoms with Gasteiger partial charge in [-0.2, -0.15) is 0 Å². The molecule has 0 radical (unpaired) electrons. The molecule has 2 unspecified atom stereocenters. The first-order valence-corrected chi connectivity index (χ1v) is 6.48. The zero-order valence-electron chi connectivity index (χ0n) is 11.1. The molecule has 2 atom stereocenters. The maximum atomic E-state index is 12.3. The first-order valence-electron chi connectivity index (χ1n) is 6.48. The molecule has 102 valence electrons. The van der Waals surface area contributed by atoms with Gasteiger partial charge in [-0.15, -0.1) is 0 Å². The third-order valence-corrected chi connectivity index (χ3v) is 4.04. The standard InChI is InChI=1S/C14H18N2O3/c1-18-8-3-4-9(12(5-8)19-2)14(17)16-13-10-6-15-7-11(10)13/h3-5,10-11,13,15H,6-7H2,1-2H3,(H,16,17). The van der Waals surface area contributed by atoms with Crippen molar-refractivity contribution in [1.82, 2.24) is 10.6 Å². The zero-order chi connectivity index (χ0) is 13.4. The number of ether oxygens (including phenoxy) is 2. The van der Waals surface area contributed by atoms with Crippen molar-refractivity contribution < 1.29 is 14.3 Å². The number of amides is 1. The molecule has 0 spiro atoms. The summed E-state index contributed by atoms with van der Waals surface area (Å²) in [6.07, 6.45) is 0. The van der Waals surface area contributed by atoms with E-state index in [2.05, 4.69) is 10.6 Å². The molecule has 5 heteroatoms. The SMILES string of the molecule is COc1ccc(C(=O)NC2C3CNCC32)c(OC)c1. The van der Waals surface area contributed by atoms with Gasteiger partial charge in [0.15, 0.2) is 0 Å². The summed E-state index contributed by atoms with van der Waals surface area (Å²) < 4.78 is 10.4. The first kappa shape index (κ1) is 12.3. The van der Waals surface area contributed by atoms with Gasteiger partial charge in [0.2, 0.25) is 0 Å². The highest BCUT2D eigenvalue weighted by Crippen LogP contribution is 2.41. The molecular weight excluding hydrogens is 244 g/mol. The second-order valence-electron chi connectivity index (χ2n) is 5.05. The first-order chi connectivity index (χ1) is 9.24. The van der Waals surface area contributed by atoms with Crippen LogP contribution >= 0.6 is 0 Å². The maximum absolute atomic E-state index is 12.3. The molecule has 1 aromatic carbocycles. The molecule has 2 aliphatic rings. The van der Waals surface area contributed by atoms with E-state index >= 15 is 0 Å². The molecule has 2 N–H and O–H groups in total. The van der Waals surface area contributed by atoms with Gasteiger partial charge >= 0.3 is 0 Å². The second-order valence-corrected chi connectivity index (χ2v) is 5.05. The number of piperidine rings is 1. The molecule has 5 nitrogen and oxygen atoms in total. The van der Waals surface area contributed by atoms with Crippen molar-refractivity contribution in [3.8, 4) is 11.5 Å². The van der Waals surface area contributed by atoms with E-state index in [0.717, 1.165) is 13.1 Å². The lowest BCUT2D eigenvalue weighted by atomic mass is 10.1. The Labute approximate surface area is 112 Å². The molecule has 1 heterocycles. The van der Waals surface area contributed by atoms with Crippen molar-refractivity contribution in [3.63, 3.8) is 0 Å². The third kappa shape index (κ3) is 2.14. The molecule has 3 rings (SSSR count). The number of hydrogen-bond donors (Lipinski definition) is 2. The highest BCUT2D eigenvalue weighted by Gasteiger charge is 2.53. The van der Waals surface area contributed by atoms with Crippen LogP contribution in [0.2, 0.25) is 0 Å². The fraction of sp³-hybridized carbons (Fsp3) is 0.500. The fourth-order valence-corrected chi connectivity index (χ4v) is 2.85. The molecule has 19 heavy (non-hydrogen) atoms. The molecule has 2 fully saturated rings. The summed E-state index contributed by atoms with van der Waals surface area (Å²) in [5.74, 6) is 2.36. The van der Waals surface area contributed by atoms with Crippen molar-refractivity contribution >= 4 is 5.91 Å². The number of hydrogen-bond acceptors (Lipinski definition) is 4. The Hall–Kier alpha value is -1.75. The van der Waals surface area contributed by atoms with E-state index in [1.54, 1.807) is 32.4 Å². The quantitative estimate of drug-likeness (QED) is 0.836. The van der Waals surface area contributed by atoms with Crippen LogP contribution < -0.4 is 20.1 Å². The lowest BCUT2D eigenvalue weighted by Gasteiger charge is -2.12. The largest absolute Gasteiger partial charge is 0.497 e. The van der Waals surface area contributed by atoms with Crippen LogP contribution in [0.5, 0.6) is 11.5 Å². The number of benzene rings is 1. The number of rotatable bonds is 4. The second kappa shape index (κ2) is 4.74. The Morgan fingerprint density at radius 2 is 2.00 bits per heavy atom. The summed E-state index contributed by atoms with van der Waals surface area (Å²) in [5, 5.41) is 6.39. The Balaban J connectivity index is 1.72. The topological polar surface area (TPSA) is 59.6 Å². The number of fused-ring (bicyclic) bond motifs is 1. The predicted molar refractivity (Wildman–Crippen MR) is 70.6 cm³/mol. The summed E-state index contributed by atoms with van der Waals surface area (Å²) in [5.41, 5.74) is 0.557. The Bertz CT molecular complexity index is 493. The summed E-state index contributed by atoms with van der Waals surface area (Å²) in [6.45, 7) is 2.02. The zero-order valence-corrected chi connectivity index (χ0v) is 11.1. The monoisotopic (exact) mass is 262 g/mol. The summed E-state index contributed by atoms with van der Waals surface area (Å²) in [7, 11) is 3.15. The van der Waals surface area contributed by atoms with E-state index < -0.39 is 0 Å². The van der Waals surface area contributed by atoms with Crippen LogP contribution in [-0.4, -0.2) is 39.3 Å². The average molecular weight is 262 g/mol. The van der Waals surface area contributed by atoms with Gasteiger partial charge in [-0.05, 0) is 24.0 Å². The minimum atomic E-state index is -0.0705. The van der Waals surface area contributed by atoms with Crippen molar-refractivity contribution in [2.24, 2.45) is 11.8 Å². The van der Waals surface area contributed by atoms with Crippen molar-refractivity contribution in [2.45, 2.75) is 6.04 Å². The summed E-state index contributed by atoms with van der Waals surface area (Å²) in [6, 6.07) is 5.56. The summed E-state index contributed by atoms with van der Waals surface area (Å²) in [4.78, 5) is 12.3. The lowest BCUT2D eigenvalue weighted by Crippen LogP contribution is -2.32. The summed E-state index contributed by atoms with van der Waals surface area (Å²) >= 11 is 0. The van der Waals surface area contributed by atoms with E-state index in [0.29, 0.717) is 34.9 Å². The van der Waals surface area contributed by atoms with Gasteiger partial charge in [0.1, 0.15) is 11.5 Å². The van der Waals surface area contributed by atoms with E-state index in [-0.39, 0.29) is 5.91 Å². The van der Waals surface area contributed by atoms with E-state index in [9.17, 15) is 4.79 Å². The van der Waals surface area contributed by atoms with Crippen LogP contribution in [0.15, 0.2) is 18.2 Å². The molecule has 1 saturated heterocycles. The van der Waals surface area contributed by atoms with Crippen LogP contribution in [0.1, 0.15) is 10.4 Å². The van der Waals surface area contributed by atoms with Gasteiger partial charge in [-0.1, -0.05) is 0 Å². The van der Waals surface area contributed by atoms with Gasteiger partial charge in [0.05, 0.1) is 19.8 Å². The van der Waals surface area contributed by atoms with E-state index in [1.807, 2.05) is 0 Å². The maximum Gasteiger partial charge on any atom is 0.255 e. The Morgan fingerprint density at radius 1 is 1.26 bits per heavy atom. The van der Waals surface area contributed by atoms with Gasteiger partial charge in [-0.3, -0.25) is 4.79 Å². The number of carbonyl (C=O) groups excluding carboxylic acids is 1.